The Hall–Kier alpha value is -1.31. The van der Waals surface area contributed by atoms with E-state index in [-0.39, 0.29) is 17.7 Å². The Morgan fingerprint density at radius 3 is 2.61 bits per heavy atom. The van der Waals surface area contributed by atoms with Crippen LogP contribution in [0.2, 0.25) is 0 Å². The predicted molar refractivity (Wildman–Crippen MR) is 76.2 cm³/mol. The third-order valence-corrected chi connectivity index (χ3v) is 2.94. The molecule has 5 nitrogen and oxygen atoms in total. The quantitative estimate of drug-likeness (QED) is 0.707. The van der Waals surface area contributed by atoms with Crippen molar-refractivity contribution in [1.82, 2.24) is 5.32 Å². The fourth-order valence-electron chi connectivity index (χ4n) is 1.54. The number of aromatic hydroxyl groups is 1. The van der Waals surface area contributed by atoms with Gasteiger partial charge < -0.3 is 16.2 Å². The molecular formula is C12H15IN2O3. The molecule has 0 aliphatic carbocycles. The number of phenolic OH excluding ortho intramolecular Hbond substituents is 1. The van der Waals surface area contributed by atoms with E-state index in [0.29, 0.717) is 0 Å². The van der Waals surface area contributed by atoms with Crippen LogP contribution in [0.1, 0.15) is 30.6 Å². The van der Waals surface area contributed by atoms with Crippen LogP contribution in [-0.2, 0) is 4.79 Å². The standard InChI is InChI=1S/C12H15IN2O3/c1-12(2,6-10(14)17)15-11(18)8-5-7(13)3-4-9(8)16/h3-5,16H,6H2,1-2H3,(H2,14,17)(H,15,18). The highest BCUT2D eigenvalue weighted by Crippen LogP contribution is 2.20. The molecule has 0 aromatic heterocycles. The fourth-order valence-corrected chi connectivity index (χ4v) is 2.04. The van der Waals surface area contributed by atoms with Gasteiger partial charge in [-0.1, -0.05) is 0 Å². The van der Waals surface area contributed by atoms with Crippen LogP contribution in [-0.4, -0.2) is 22.5 Å². The second-order valence-corrected chi connectivity index (χ2v) is 5.89. The van der Waals surface area contributed by atoms with Crippen LogP contribution in [0.25, 0.3) is 0 Å². The highest BCUT2D eigenvalue weighted by Gasteiger charge is 2.24. The summed E-state index contributed by atoms with van der Waals surface area (Å²) >= 11 is 2.05. The minimum atomic E-state index is -0.753. The highest BCUT2D eigenvalue weighted by atomic mass is 127. The summed E-state index contributed by atoms with van der Waals surface area (Å²) in [5.74, 6) is -1.02. The monoisotopic (exact) mass is 362 g/mol. The summed E-state index contributed by atoms with van der Waals surface area (Å²) in [4.78, 5) is 22.9. The average Bonchev–Trinajstić information content (AvgIpc) is 2.18. The van der Waals surface area contributed by atoms with Crippen molar-refractivity contribution in [1.29, 1.82) is 0 Å². The van der Waals surface area contributed by atoms with Gasteiger partial charge >= 0.3 is 0 Å². The zero-order valence-electron chi connectivity index (χ0n) is 10.2. The molecule has 0 radical (unpaired) electrons. The first kappa shape index (κ1) is 14.7. The Morgan fingerprint density at radius 1 is 1.44 bits per heavy atom. The van der Waals surface area contributed by atoms with Crippen molar-refractivity contribution >= 4 is 34.4 Å². The third-order valence-electron chi connectivity index (χ3n) is 2.27. The number of nitrogens with one attached hydrogen (secondary N) is 1. The first-order valence-electron chi connectivity index (χ1n) is 5.30. The molecule has 0 spiro atoms. The van der Waals surface area contributed by atoms with Crippen LogP contribution in [0.5, 0.6) is 5.75 Å². The maximum absolute atomic E-state index is 12.0. The molecule has 0 atom stereocenters. The molecule has 0 aliphatic heterocycles. The Kier molecular flexibility index (Phi) is 4.55. The van der Waals surface area contributed by atoms with Gasteiger partial charge in [-0.05, 0) is 54.6 Å². The topological polar surface area (TPSA) is 92.4 Å². The van der Waals surface area contributed by atoms with Gasteiger partial charge in [-0.15, -0.1) is 0 Å². The SMILES string of the molecule is CC(C)(CC(N)=O)NC(=O)c1cc(I)ccc1O. The van der Waals surface area contributed by atoms with Crippen molar-refractivity contribution in [3.8, 4) is 5.75 Å². The average molecular weight is 362 g/mol. The van der Waals surface area contributed by atoms with Crippen molar-refractivity contribution in [3.63, 3.8) is 0 Å². The summed E-state index contributed by atoms with van der Waals surface area (Å²) < 4.78 is 0.836. The Bertz CT molecular complexity index is 486. The molecular weight excluding hydrogens is 347 g/mol. The summed E-state index contributed by atoms with van der Waals surface area (Å²) in [6, 6.07) is 4.73. The van der Waals surface area contributed by atoms with Gasteiger partial charge in [-0.3, -0.25) is 9.59 Å². The molecule has 2 amide bonds. The molecule has 0 bridgehead atoms. The number of amides is 2. The van der Waals surface area contributed by atoms with Gasteiger partial charge in [0, 0.05) is 15.5 Å². The molecule has 0 saturated heterocycles. The van der Waals surface area contributed by atoms with Crippen LogP contribution in [0.3, 0.4) is 0 Å². The smallest absolute Gasteiger partial charge is 0.255 e. The molecule has 1 aromatic carbocycles. The van der Waals surface area contributed by atoms with E-state index in [1.165, 1.54) is 6.07 Å². The normalized spacial score (nSPS) is 11.1. The third kappa shape index (κ3) is 4.17. The van der Waals surface area contributed by atoms with Crippen molar-refractivity contribution in [3.05, 3.63) is 27.3 Å². The number of carbonyl (C=O) groups is 2. The van der Waals surface area contributed by atoms with Crippen LogP contribution in [0.15, 0.2) is 18.2 Å². The molecule has 18 heavy (non-hydrogen) atoms. The van der Waals surface area contributed by atoms with Gasteiger partial charge in [0.25, 0.3) is 5.91 Å². The van der Waals surface area contributed by atoms with Crippen molar-refractivity contribution in [2.45, 2.75) is 25.8 Å². The van der Waals surface area contributed by atoms with Crippen molar-refractivity contribution < 1.29 is 14.7 Å². The Balaban J connectivity index is 2.88. The molecule has 4 N–H and O–H groups in total. The first-order chi connectivity index (χ1) is 8.21. The van der Waals surface area contributed by atoms with Gasteiger partial charge in [0.2, 0.25) is 5.91 Å². The maximum atomic E-state index is 12.0. The maximum Gasteiger partial charge on any atom is 0.255 e. The number of benzene rings is 1. The lowest BCUT2D eigenvalue weighted by Crippen LogP contribution is -2.46. The molecule has 0 unspecified atom stereocenters. The number of primary amides is 1. The summed E-state index contributed by atoms with van der Waals surface area (Å²) in [7, 11) is 0. The fraction of sp³-hybridized carbons (Fsp3) is 0.333. The molecule has 0 saturated carbocycles. The van der Waals surface area contributed by atoms with Gasteiger partial charge in [0.1, 0.15) is 5.75 Å². The van der Waals surface area contributed by atoms with E-state index in [4.69, 9.17) is 5.73 Å². The molecule has 1 rings (SSSR count). The number of rotatable bonds is 4. The Labute approximate surface area is 119 Å². The molecule has 0 fully saturated rings. The predicted octanol–water partition coefficient (Wildman–Crippen LogP) is 1.38. The van der Waals surface area contributed by atoms with Gasteiger partial charge in [0.15, 0.2) is 0 Å². The lowest BCUT2D eigenvalue weighted by atomic mass is 9.99. The van der Waals surface area contributed by atoms with Crippen molar-refractivity contribution in [2.75, 3.05) is 0 Å². The summed E-state index contributed by atoms with van der Waals surface area (Å²) in [5.41, 5.74) is 4.53. The lowest BCUT2D eigenvalue weighted by Gasteiger charge is -2.24. The van der Waals surface area contributed by atoms with Crippen molar-refractivity contribution in [2.24, 2.45) is 5.73 Å². The summed E-state index contributed by atoms with van der Waals surface area (Å²) in [5, 5.41) is 12.3. The second-order valence-electron chi connectivity index (χ2n) is 4.64. The minimum Gasteiger partial charge on any atom is -0.507 e. The van der Waals surface area contributed by atoms with Gasteiger partial charge in [-0.25, -0.2) is 0 Å². The molecule has 0 aliphatic rings. The van der Waals surface area contributed by atoms with Crippen LogP contribution in [0.4, 0.5) is 0 Å². The van der Waals surface area contributed by atoms with Crippen LogP contribution < -0.4 is 11.1 Å². The van der Waals surface area contributed by atoms with E-state index in [1.54, 1.807) is 26.0 Å². The molecule has 98 valence electrons. The van der Waals surface area contributed by atoms with E-state index >= 15 is 0 Å². The van der Waals surface area contributed by atoms with Crippen LogP contribution in [0, 0.1) is 3.57 Å². The summed E-state index contributed by atoms with van der Waals surface area (Å²) in [6.45, 7) is 3.39. The number of halogens is 1. The van der Waals surface area contributed by atoms with E-state index in [9.17, 15) is 14.7 Å². The summed E-state index contributed by atoms with van der Waals surface area (Å²) in [6.07, 6.45) is 0.0312. The highest BCUT2D eigenvalue weighted by molar-refractivity contribution is 14.1. The first-order valence-corrected chi connectivity index (χ1v) is 6.38. The van der Waals surface area contributed by atoms with Gasteiger partial charge in [0.05, 0.1) is 5.56 Å². The molecule has 6 heteroatoms. The lowest BCUT2D eigenvalue weighted by molar-refractivity contribution is -0.119. The molecule has 0 heterocycles. The number of hydrogen-bond donors (Lipinski definition) is 3. The molecule has 1 aromatic rings. The zero-order chi connectivity index (χ0) is 13.9. The number of phenols is 1. The number of carbonyl (C=O) groups excluding carboxylic acids is 2. The van der Waals surface area contributed by atoms with E-state index < -0.39 is 17.4 Å². The second kappa shape index (κ2) is 5.55. The zero-order valence-corrected chi connectivity index (χ0v) is 12.3. The number of nitrogens with two attached hydrogens (primary N) is 1. The number of hydrogen-bond acceptors (Lipinski definition) is 3. The van der Waals surface area contributed by atoms with E-state index in [2.05, 4.69) is 5.32 Å². The van der Waals surface area contributed by atoms with E-state index in [1.807, 2.05) is 22.6 Å². The minimum absolute atomic E-state index is 0.0312. The Morgan fingerprint density at radius 2 is 2.06 bits per heavy atom. The van der Waals surface area contributed by atoms with Crippen LogP contribution >= 0.6 is 22.6 Å². The largest absolute Gasteiger partial charge is 0.507 e. The van der Waals surface area contributed by atoms with Gasteiger partial charge in [-0.2, -0.15) is 0 Å². The van der Waals surface area contributed by atoms with E-state index in [0.717, 1.165) is 3.57 Å².